The Bertz CT molecular complexity index is 654. The Morgan fingerprint density at radius 2 is 1.34 bits per heavy atom. The van der Waals surface area contributed by atoms with E-state index in [4.69, 9.17) is 21.1 Å². The second kappa shape index (κ2) is 12.9. The van der Waals surface area contributed by atoms with Gasteiger partial charge in [0.05, 0.1) is 16.1 Å². The molecule has 0 spiro atoms. The third-order valence-electron chi connectivity index (χ3n) is 5.13. The summed E-state index contributed by atoms with van der Waals surface area (Å²) in [6, 6.07) is 4.84. The third kappa shape index (κ3) is 8.00. The lowest BCUT2D eigenvalue weighted by Gasteiger charge is -2.23. The molecule has 0 bridgehead atoms. The molecule has 5 heteroatoms. The summed E-state index contributed by atoms with van der Waals surface area (Å²) in [5.41, 5.74) is 0.266. The first kappa shape index (κ1) is 25.5. The maximum atomic E-state index is 12.9. The van der Waals surface area contributed by atoms with Crippen molar-refractivity contribution in [1.82, 2.24) is 0 Å². The molecule has 0 aliphatic rings. The minimum Gasteiger partial charge on any atom is -0.458 e. The van der Waals surface area contributed by atoms with Gasteiger partial charge >= 0.3 is 11.9 Å². The van der Waals surface area contributed by atoms with Crippen molar-refractivity contribution < 1.29 is 19.1 Å². The zero-order chi connectivity index (χ0) is 22.0. The van der Waals surface area contributed by atoms with Crippen molar-refractivity contribution in [2.75, 3.05) is 0 Å². The normalized spacial score (nSPS) is 13.4. The third-order valence-corrected chi connectivity index (χ3v) is 5.44. The Kier molecular flexibility index (Phi) is 11.3. The van der Waals surface area contributed by atoms with Crippen LogP contribution < -0.4 is 0 Å². The van der Waals surface area contributed by atoms with Crippen LogP contribution in [0.5, 0.6) is 0 Å². The summed E-state index contributed by atoms with van der Waals surface area (Å²) in [5, 5.41) is 0.206. The molecule has 1 aromatic carbocycles. The summed E-state index contributed by atoms with van der Waals surface area (Å²) in [7, 11) is 0. The van der Waals surface area contributed by atoms with Gasteiger partial charge < -0.3 is 9.47 Å². The number of hydrogen-bond acceptors (Lipinski definition) is 4. The van der Waals surface area contributed by atoms with E-state index in [2.05, 4.69) is 13.8 Å². The van der Waals surface area contributed by atoms with Crippen LogP contribution in [0, 0.1) is 11.8 Å². The van der Waals surface area contributed by atoms with E-state index in [-0.39, 0.29) is 40.2 Å². The van der Waals surface area contributed by atoms with Crippen LogP contribution in [0.4, 0.5) is 0 Å². The summed E-state index contributed by atoms with van der Waals surface area (Å²) in [6.07, 6.45) is 5.19. The summed E-state index contributed by atoms with van der Waals surface area (Å²) >= 11 is 6.31. The van der Waals surface area contributed by atoms with Gasteiger partial charge in [0.1, 0.15) is 12.2 Å². The minimum absolute atomic E-state index is 0.0966. The van der Waals surface area contributed by atoms with Gasteiger partial charge in [-0.25, -0.2) is 9.59 Å². The number of unbranched alkanes of at least 4 members (excludes halogenated alkanes) is 2. The lowest BCUT2D eigenvalue weighted by molar-refractivity contribution is 0.0107. The maximum Gasteiger partial charge on any atom is 0.340 e. The second-order valence-electron chi connectivity index (χ2n) is 8.32. The number of halogens is 1. The van der Waals surface area contributed by atoms with Crippen molar-refractivity contribution in [3.05, 3.63) is 34.3 Å². The van der Waals surface area contributed by atoms with Gasteiger partial charge in [0.15, 0.2) is 0 Å². The Labute approximate surface area is 181 Å². The highest BCUT2D eigenvalue weighted by atomic mass is 35.5. The number of esters is 2. The molecule has 0 radical (unpaired) electrons. The molecular formula is C24H37ClO4. The fraction of sp³-hybridized carbons (Fsp3) is 0.667. The van der Waals surface area contributed by atoms with Gasteiger partial charge in [-0.3, -0.25) is 0 Å². The number of benzene rings is 1. The molecule has 2 unspecified atom stereocenters. The van der Waals surface area contributed by atoms with E-state index in [9.17, 15) is 9.59 Å². The number of carbonyl (C=O) groups excluding carboxylic acids is 2. The summed E-state index contributed by atoms with van der Waals surface area (Å²) in [6.45, 7) is 12.3. The van der Waals surface area contributed by atoms with Crippen LogP contribution in [0.3, 0.4) is 0 Å². The van der Waals surface area contributed by atoms with E-state index in [1.807, 2.05) is 27.7 Å². The highest BCUT2D eigenvalue weighted by Crippen LogP contribution is 2.26. The molecule has 0 N–H and O–H groups in total. The average Bonchev–Trinajstić information content (AvgIpc) is 2.67. The minimum atomic E-state index is -0.563. The van der Waals surface area contributed by atoms with E-state index < -0.39 is 11.9 Å². The number of ether oxygens (including phenoxy) is 2. The van der Waals surface area contributed by atoms with E-state index in [0.717, 1.165) is 38.5 Å². The van der Waals surface area contributed by atoms with Crippen molar-refractivity contribution in [2.45, 2.75) is 92.3 Å². The monoisotopic (exact) mass is 424 g/mol. The van der Waals surface area contributed by atoms with Crippen LogP contribution in [0.25, 0.3) is 0 Å². The van der Waals surface area contributed by atoms with Crippen LogP contribution in [0.15, 0.2) is 18.2 Å². The predicted molar refractivity (Wildman–Crippen MR) is 119 cm³/mol. The molecule has 2 atom stereocenters. The molecule has 164 valence electrons. The Hall–Kier alpha value is -1.55. The first-order valence-electron chi connectivity index (χ1n) is 10.9. The molecule has 29 heavy (non-hydrogen) atoms. The summed E-state index contributed by atoms with van der Waals surface area (Å²) in [5.74, 6) is -0.710. The molecule has 0 aliphatic carbocycles. The zero-order valence-electron chi connectivity index (χ0n) is 18.8. The Balaban J connectivity index is 3.08. The molecular weight excluding hydrogens is 388 g/mol. The first-order chi connectivity index (χ1) is 13.7. The molecule has 4 nitrogen and oxygen atoms in total. The number of carbonyl (C=O) groups is 2. The van der Waals surface area contributed by atoms with Gasteiger partial charge in [-0.05, 0) is 36.8 Å². The maximum absolute atomic E-state index is 12.9. The molecule has 0 saturated carbocycles. The van der Waals surface area contributed by atoms with Crippen LogP contribution in [0.1, 0.15) is 101 Å². The quantitative estimate of drug-likeness (QED) is 0.336. The molecule has 0 heterocycles. The van der Waals surface area contributed by atoms with Gasteiger partial charge in [-0.15, -0.1) is 0 Å². The Morgan fingerprint density at radius 1 is 0.862 bits per heavy atom. The van der Waals surface area contributed by atoms with E-state index in [1.165, 1.54) is 0 Å². The van der Waals surface area contributed by atoms with Crippen molar-refractivity contribution >= 4 is 23.5 Å². The molecule has 0 fully saturated rings. The highest BCUT2D eigenvalue weighted by Gasteiger charge is 2.28. The van der Waals surface area contributed by atoms with Crippen LogP contribution in [-0.2, 0) is 9.47 Å². The average molecular weight is 425 g/mol. The van der Waals surface area contributed by atoms with Crippen LogP contribution in [0.2, 0.25) is 5.02 Å². The molecule has 0 amide bonds. The van der Waals surface area contributed by atoms with Crippen molar-refractivity contribution in [3.8, 4) is 0 Å². The van der Waals surface area contributed by atoms with E-state index in [0.29, 0.717) is 0 Å². The zero-order valence-corrected chi connectivity index (χ0v) is 19.6. The standard InChI is InChI=1S/C24H37ClO4/c1-7-9-14-20(16(3)4)28-23(26)18-12-11-13-19(25)22(18)24(27)29-21(17(5)6)15-10-8-2/h11-13,16-17,20-21H,7-10,14-15H2,1-6H3. The van der Waals surface area contributed by atoms with Gasteiger partial charge in [0, 0.05) is 0 Å². The molecule has 1 aromatic rings. The number of rotatable bonds is 12. The van der Waals surface area contributed by atoms with Gasteiger partial charge in [0.2, 0.25) is 0 Å². The first-order valence-corrected chi connectivity index (χ1v) is 11.3. The smallest absolute Gasteiger partial charge is 0.340 e. The summed E-state index contributed by atoms with van der Waals surface area (Å²) < 4.78 is 11.5. The Morgan fingerprint density at radius 3 is 1.79 bits per heavy atom. The van der Waals surface area contributed by atoms with E-state index >= 15 is 0 Å². The molecule has 0 aromatic heterocycles. The summed E-state index contributed by atoms with van der Waals surface area (Å²) in [4.78, 5) is 25.8. The van der Waals surface area contributed by atoms with Crippen LogP contribution in [-0.4, -0.2) is 24.1 Å². The van der Waals surface area contributed by atoms with Gasteiger partial charge in [0.25, 0.3) is 0 Å². The van der Waals surface area contributed by atoms with Crippen molar-refractivity contribution in [1.29, 1.82) is 0 Å². The fourth-order valence-electron chi connectivity index (χ4n) is 3.17. The SMILES string of the molecule is CCCCC(OC(=O)c1cccc(Cl)c1C(=O)OC(CCCC)C(C)C)C(C)C. The van der Waals surface area contributed by atoms with E-state index in [1.54, 1.807) is 18.2 Å². The molecule has 0 saturated heterocycles. The lowest BCUT2D eigenvalue weighted by atomic mass is 10.0. The van der Waals surface area contributed by atoms with Crippen molar-refractivity contribution in [2.24, 2.45) is 11.8 Å². The van der Waals surface area contributed by atoms with Crippen molar-refractivity contribution in [3.63, 3.8) is 0 Å². The largest absolute Gasteiger partial charge is 0.458 e. The number of hydrogen-bond donors (Lipinski definition) is 0. The fourth-order valence-corrected chi connectivity index (χ4v) is 3.42. The van der Waals surface area contributed by atoms with Gasteiger partial charge in [-0.2, -0.15) is 0 Å². The highest BCUT2D eigenvalue weighted by molar-refractivity contribution is 6.34. The topological polar surface area (TPSA) is 52.6 Å². The lowest BCUT2D eigenvalue weighted by Crippen LogP contribution is -2.27. The van der Waals surface area contributed by atoms with Crippen LogP contribution >= 0.6 is 11.6 Å². The molecule has 1 rings (SSSR count). The molecule has 0 aliphatic heterocycles. The predicted octanol–water partition coefficient (Wildman–Crippen LogP) is 7.08. The second-order valence-corrected chi connectivity index (χ2v) is 8.73. The van der Waals surface area contributed by atoms with Gasteiger partial charge in [-0.1, -0.05) is 84.9 Å².